The molecule has 154 valence electrons. The van der Waals surface area contributed by atoms with Crippen molar-refractivity contribution in [3.05, 3.63) is 47.4 Å². The van der Waals surface area contributed by atoms with E-state index in [-0.39, 0.29) is 12.0 Å². The van der Waals surface area contributed by atoms with Crippen LogP contribution in [0, 0.1) is 6.92 Å². The number of piperazine rings is 1. The molecule has 0 saturated carbocycles. The van der Waals surface area contributed by atoms with Gasteiger partial charge in [-0.3, -0.25) is 4.79 Å². The number of hydrogen-bond acceptors (Lipinski definition) is 6. The molecule has 1 fully saturated rings. The van der Waals surface area contributed by atoms with Gasteiger partial charge in [0.2, 0.25) is 0 Å². The maximum atomic E-state index is 12.9. The van der Waals surface area contributed by atoms with E-state index in [4.69, 9.17) is 4.74 Å². The van der Waals surface area contributed by atoms with E-state index < -0.39 is 0 Å². The van der Waals surface area contributed by atoms with Crippen LogP contribution in [-0.4, -0.2) is 64.6 Å². The molecule has 8 nitrogen and oxygen atoms in total. The Hall–Kier alpha value is -3.16. The SMILES string of the molecule is CCOC(=O)N1CCN(C(=O)c2cc(Nc3c(C)cccc3CC)ncn2)CC1. The number of anilines is 2. The number of rotatable bonds is 5. The maximum absolute atomic E-state index is 12.9. The normalized spacial score (nSPS) is 13.9. The molecule has 1 aromatic carbocycles. The summed E-state index contributed by atoms with van der Waals surface area (Å²) in [5.41, 5.74) is 3.64. The first-order valence-corrected chi connectivity index (χ1v) is 9.92. The van der Waals surface area contributed by atoms with Gasteiger partial charge in [-0.05, 0) is 31.4 Å². The molecule has 1 saturated heterocycles. The van der Waals surface area contributed by atoms with Crippen molar-refractivity contribution < 1.29 is 14.3 Å². The minimum Gasteiger partial charge on any atom is -0.450 e. The second-order valence-corrected chi connectivity index (χ2v) is 6.85. The third-order valence-corrected chi connectivity index (χ3v) is 4.97. The lowest BCUT2D eigenvalue weighted by Gasteiger charge is -2.33. The van der Waals surface area contributed by atoms with Gasteiger partial charge in [-0.25, -0.2) is 14.8 Å². The van der Waals surface area contributed by atoms with Crippen molar-refractivity contribution in [2.75, 3.05) is 38.1 Å². The predicted molar refractivity (Wildman–Crippen MR) is 110 cm³/mol. The Labute approximate surface area is 170 Å². The highest BCUT2D eigenvalue weighted by molar-refractivity contribution is 5.93. The lowest BCUT2D eigenvalue weighted by Crippen LogP contribution is -2.50. The number of nitrogens with one attached hydrogen (secondary N) is 1. The fourth-order valence-corrected chi connectivity index (χ4v) is 3.34. The number of carbonyl (C=O) groups is 2. The molecule has 0 unspecified atom stereocenters. The van der Waals surface area contributed by atoms with Gasteiger partial charge in [0.15, 0.2) is 0 Å². The fourth-order valence-electron chi connectivity index (χ4n) is 3.34. The molecular formula is C21H27N5O3. The monoisotopic (exact) mass is 397 g/mol. The van der Waals surface area contributed by atoms with Crippen LogP contribution in [0.1, 0.15) is 35.5 Å². The summed E-state index contributed by atoms with van der Waals surface area (Å²) < 4.78 is 5.02. The molecule has 0 atom stereocenters. The first-order chi connectivity index (χ1) is 14.0. The number of para-hydroxylation sites is 1. The first-order valence-electron chi connectivity index (χ1n) is 9.92. The van der Waals surface area contributed by atoms with Crippen LogP contribution in [-0.2, 0) is 11.2 Å². The van der Waals surface area contributed by atoms with Gasteiger partial charge in [0.05, 0.1) is 6.61 Å². The molecule has 0 spiro atoms. The summed E-state index contributed by atoms with van der Waals surface area (Å²) in [6, 6.07) is 7.82. The highest BCUT2D eigenvalue weighted by Gasteiger charge is 2.26. The predicted octanol–water partition coefficient (Wildman–Crippen LogP) is 3.01. The molecular weight excluding hydrogens is 370 g/mol. The summed E-state index contributed by atoms with van der Waals surface area (Å²) in [7, 11) is 0. The third-order valence-electron chi connectivity index (χ3n) is 4.97. The summed E-state index contributed by atoms with van der Waals surface area (Å²) in [5.74, 6) is 0.414. The van der Waals surface area contributed by atoms with Crippen LogP contribution in [0.25, 0.3) is 0 Å². The summed E-state index contributed by atoms with van der Waals surface area (Å²) in [6.45, 7) is 8.05. The van der Waals surface area contributed by atoms with E-state index in [0.29, 0.717) is 44.3 Å². The number of aromatic nitrogens is 2. The zero-order valence-corrected chi connectivity index (χ0v) is 17.1. The molecule has 0 aliphatic carbocycles. The van der Waals surface area contributed by atoms with Gasteiger partial charge in [-0.15, -0.1) is 0 Å². The molecule has 1 N–H and O–H groups in total. The molecule has 0 bridgehead atoms. The number of benzene rings is 1. The van der Waals surface area contributed by atoms with Crippen molar-refractivity contribution in [3.8, 4) is 0 Å². The van der Waals surface area contributed by atoms with E-state index in [2.05, 4.69) is 28.3 Å². The van der Waals surface area contributed by atoms with Crippen molar-refractivity contribution >= 4 is 23.5 Å². The molecule has 29 heavy (non-hydrogen) atoms. The topological polar surface area (TPSA) is 87.7 Å². The van der Waals surface area contributed by atoms with Crippen LogP contribution >= 0.6 is 0 Å². The number of nitrogens with zero attached hydrogens (tertiary/aromatic N) is 4. The standard InChI is InChI=1S/C21H27N5O3/c1-4-16-8-6-7-15(3)19(16)24-18-13-17(22-14-23-18)20(27)25-9-11-26(12-10-25)21(28)29-5-2/h6-8,13-14H,4-5,9-12H2,1-3H3,(H,22,23,24). The fraction of sp³-hybridized carbons (Fsp3) is 0.429. The largest absolute Gasteiger partial charge is 0.450 e. The van der Waals surface area contributed by atoms with E-state index in [9.17, 15) is 9.59 Å². The highest BCUT2D eigenvalue weighted by Crippen LogP contribution is 2.24. The third kappa shape index (κ3) is 4.82. The molecule has 0 radical (unpaired) electrons. The summed E-state index contributed by atoms with van der Waals surface area (Å²) >= 11 is 0. The molecule has 2 heterocycles. The lowest BCUT2D eigenvalue weighted by atomic mass is 10.1. The number of amides is 2. The van der Waals surface area contributed by atoms with E-state index in [0.717, 1.165) is 17.7 Å². The molecule has 1 aliphatic heterocycles. The van der Waals surface area contributed by atoms with Crippen LogP contribution in [0.3, 0.4) is 0 Å². The van der Waals surface area contributed by atoms with E-state index >= 15 is 0 Å². The number of aryl methyl sites for hydroxylation is 2. The minimum absolute atomic E-state index is 0.167. The van der Waals surface area contributed by atoms with Gasteiger partial charge in [-0.1, -0.05) is 25.1 Å². The zero-order valence-electron chi connectivity index (χ0n) is 17.1. The molecule has 1 aliphatic rings. The van der Waals surface area contributed by atoms with Gasteiger partial charge in [-0.2, -0.15) is 0 Å². The van der Waals surface area contributed by atoms with Crippen molar-refractivity contribution in [2.24, 2.45) is 0 Å². The zero-order chi connectivity index (χ0) is 20.8. The Kier molecular flexibility index (Phi) is 6.64. The molecule has 2 amide bonds. The average Bonchev–Trinajstić information content (AvgIpc) is 2.75. The van der Waals surface area contributed by atoms with Crippen LogP contribution in [0.5, 0.6) is 0 Å². The van der Waals surface area contributed by atoms with E-state index in [1.807, 2.05) is 19.1 Å². The Morgan fingerprint density at radius 3 is 2.52 bits per heavy atom. The van der Waals surface area contributed by atoms with Crippen LogP contribution in [0.4, 0.5) is 16.3 Å². The number of ether oxygens (including phenoxy) is 1. The Balaban J connectivity index is 1.69. The summed E-state index contributed by atoms with van der Waals surface area (Å²) in [6.07, 6.45) is 1.96. The number of carbonyl (C=O) groups excluding carboxylic acids is 2. The van der Waals surface area contributed by atoms with Crippen molar-refractivity contribution in [1.29, 1.82) is 0 Å². The summed E-state index contributed by atoms with van der Waals surface area (Å²) in [4.78, 5) is 36.4. The van der Waals surface area contributed by atoms with Crippen LogP contribution < -0.4 is 5.32 Å². The van der Waals surface area contributed by atoms with Crippen LogP contribution in [0.2, 0.25) is 0 Å². The van der Waals surface area contributed by atoms with Crippen molar-refractivity contribution in [1.82, 2.24) is 19.8 Å². The van der Waals surface area contributed by atoms with Gasteiger partial charge in [0.25, 0.3) is 5.91 Å². The smallest absolute Gasteiger partial charge is 0.409 e. The molecule has 8 heteroatoms. The van der Waals surface area contributed by atoms with Gasteiger partial charge < -0.3 is 19.9 Å². The average molecular weight is 397 g/mol. The Morgan fingerprint density at radius 2 is 1.83 bits per heavy atom. The lowest BCUT2D eigenvalue weighted by molar-refractivity contribution is 0.0566. The van der Waals surface area contributed by atoms with Crippen molar-refractivity contribution in [3.63, 3.8) is 0 Å². The Bertz CT molecular complexity index is 878. The second-order valence-electron chi connectivity index (χ2n) is 6.85. The quantitative estimate of drug-likeness (QED) is 0.834. The Morgan fingerprint density at radius 1 is 1.10 bits per heavy atom. The van der Waals surface area contributed by atoms with Gasteiger partial charge in [0.1, 0.15) is 17.8 Å². The van der Waals surface area contributed by atoms with Gasteiger partial charge in [0, 0.05) is 37.9 Å². The van der Waals surface area contributed by atoms with E-state index in [1.54, 1.807) is 22.8 Å². The number of hydrogen-bond donors (Lipinski definition) is 1. The van der Waals surface area contributed by atoms with E-state index in [1.165, 1.54) is 11.9 Å². The minimum atomic E-state index is -0.335. The second kappa shape index (κ2) is 9.36. The first kappa shape index (κ1) is 20.6. The summed E-state index contributed by atoms with van der Waals surface area (Å²) in [5, 5.41) is 3.33. The molecule has 2 aromatic rings. The van der Waals surface area contributed by atoms with Crippen LogP contribution in [0.15, 0.2) is 30.6 Å². The molecule has 1 aromatic heterocycles. The highest BCUT2D eigenvalue weighted by atomic mass is 16.6. The molecule has 3 rings (SSSR count). The van der Waals surface area contributed by atoms with Crippen molar-refractivity contribution in [2.45, 2.75) is 27.2 Å². The van der Waals surface area contributed by atoms with Gasteiger partial charge >= 0.3 is 6.09 Å². The maximum Gasteiger partial charge on any atom is 0.409 e.